The SMILES string of the molecule is Cc1ccc(NC(=O)Nc2ccc3nc(N4C(=O)c5ccccc5C4=O)sc3c2)cc1C. The van der Waals surface area contributed by atoms with E-state index >= 15 is 0 Å². The average molecular weight is 443 g/mol. The number of fused-ring (bicyclic) bond motifs is 2. The Morgan fingerprint density at radius 2 is 1.47 bits per heavy atom. The fraction of sp³-hybridized carbons (Fsp3) is 0.0833. The van der Waals surface area contributed by atoms with Gasteiger partial charge in [-0.25, -0.2) is 14.7 Å². The van der Waals surface area contributed by atoms with Crippen LogP contribution in [-0.4, -0.2) is 22.8 Å². The number of aromatic nitrogens is 1. The van der Waals surface area contributed by atoms with Gasteiger partial charge in [0.15, 0.2) is 0 Å². The van der Waals surface area contributed by atoms with E-state index in [1.54, 1.807) is 42.5 Å². The summed E-state index contributed by atoms with van der Waals surface area (Å²) in [6.07, 6.45) is 0. The van der Waals surface area contributed by atoms with Crippen LogP contribution in [0.5, 0.6) is 0 Å². The third-order valence-electron chi connectivity index (χ3n) is 5.39. The fourth-order valence-electron chi connectivity index (χ4n) is 3.56. The molecule has 1 aliphatic heterocycles. The van der Waals surface area contributed by atoms with E-state index in [1.807, 2.05) is 32.0 Å². The summed E-state index contributed by atoms with van der Waals surface area (Å²) < 4.78 is 0.750. The zero-order valence-corrected chi connectivity index (χ0v) is 18.1. The molecule has 0 unspecified atom stereocenters. The fourth-order valence-corrected chi connectivity index (χ4v) is 4.56. The molecule has 1 aromatic heterocycles. The maximum Gasteiger partial charge on any atom is 0.323 e. The monoisotopic (exact) mass is 442 g/mol. The largest absolute Gasteiger partial charge is 0.323 e. The Hall–Kier alpha value is -4.04. The number of nitrogens with zero attached hydrogens (tertiary/aromatic N) is 2. The number of imide groups is 1. The molecule has 0 bridgehead atoms. The van der Waals surface area contributed by atoms with Crippen molar-refractivity contribution in [2.75, 3.05) is 15.5 Å². The first-order valence-corrected chi connectivity index (χ1v) is 10.8. The van der Waals surface area contributed by atoms with Gasteiger partial charge in [0, 0.05) is 11.4 Å². The van der Waals surface area contributed by atoms with Crippen molar-refractivity contribution in [2.45, 2.75) is 13.8 Å². The summed E-state index contributed by atoms with van der Waals surface area (Å²) in [5, 5.41) is 5.94. The van der Waals surface area contributed by atoms with E-state index in [0.29, 0.717) is 33.1 Å². The van der Waals surface area contributed by atoms with E-state index < -0.39 is 0 Å². The van der Waals surface area contributed by atoms with Gasteiger partial charge in [-0.3, -0.25) is 9.59 Å². The highest BCUT2D eigenvalue weighted by Gasteiger charge is 2.38. The number of carbonyl (C=O) groups is 3. The van der Waals surface area contributed by atoms with Crippen LogP contribution in [0.25, 0.3) is 10.2 Å². The summed E-state index contributed by atoms with van der Waals surface area (Å²) in [7, 11) is 0. The van der Waals surface area contributed by atoms with E-state index in [-0.39, 0.29) is 17.8 Å². The molecule has 0 saturated carbocycles. The number of carbonyl (C=O) groups excluding carboxylic acids is 3. The zero-order chi connectivity index (χ0) is 22.4. The number of benzene rings is 3. The predicted molar refractivity (Wildman–Crippen MR) is 126 cm³/mol. The standard InChI is InChI=1S/C24H18N4O3S/c1-13-7-8-15(11-14(13)2)25-23(31)26-16-9-10-19-20(12-16)32-24(27-19)28-21(29)17-5-3-4-6-18(17)22(28)30/h3-12H,1-2H3,(H2,25,26,31). The van der Waals surface area contributed by atoms with Crippen LogP contribution in [0.3, 0.4) is 0 Å². The molecule has 4 amide bonds. The Labute approximate surface area is 187 Å². The molecule has 4 aromatic rings. The Morgan fingerprint density at radius 1 is 0.844 bits per heavy atom. The molecule has 0 aliphatic carbocycles. The molecule has 3 aromatic carbocycles. The molecule has 158 valence electrons. The van der Waals surface area contributed by atoms with Crippen LogP contribution in [0.1, 0.15) is 31.8 Å². The van der Waals surface area contributed by atoms with Crippen LogP contribution >= 0.6 is 11.3 Å². The van der Waals surface area contributed by atoms with Crippen molar-refractivity contribution >= 4 is 55.9 Å². The lowest BCUT2D eigenvalue weighted by Crippen LogP contribution is -2.29. The molecular formula is C24H18N4O3S. The molecular weight excluding hydrogens is 424 g/mol. The minimum atomic E-state index is -0.379. The number of hydrogen-bond acceptors (Lipinski definition) is 5. The molecule has 0 saturated heterocycles. The maximum atomic E-state index is 12.7. The Bertz CT molecular complexity index is 1390. The highest BCUT2D eigenvalue weighted by atomic mass is 32.1. The molecule has 5 rings (SSSR count). The number of hydrogen-bond donors (Lipinski definition) is 2. The summed E-state index contributed by atoms with van der Waals surface area (Å²) in [4.78, 5) is 43.4. The van der Waals surface area contributed by atoms with E-state index in [0.717, 1.165) is 20.7 Å². The second-order valence-electron chi connectivity index (χ2n) is 7.55. The van der Waals surface area contributed by atoms with Crippen molar-refractivity contribution in [1.82, 2.24) is 4.98 Å². The van der Waals surface area contributed by atoms with Crippen LogP contribution < -0.4 is 15.5 Å². The summed E-state index contributed by atoms with van der Waals surface area (Å²) in [5.41, 5.74) is 4.93. The minimum absolute atomic E-state index is 0.308. The molecule has 7 nitrogen and oxygen atoms in total. The van der Waals surface area contributed by atoms with E-state index in [4.69, 9.17) is 0 Å². The Kier molecular flexibility index (Phi) is 4.71. The number of urea groups is 1. The van der Waals surface area contributed by atoms with Crippen molar-refractivity contribution in [3.63, 3.8) is 0 Å². The van der Waals surface area contributed by atoms with Crippen molar-refractivity contribution in [2.24, 2.45) is 0 Å². The van der Waals surface area contributed by atoms with Gasteiger partial charge in [-0.15, -0.1) is 0 Å². The molecule has 8 heteroatoms. The molecule has 0 spiro atoms. The molecule has 32 heavy (non-hydrogen) atoms. The number of anilines is 3. The highest BCUT2D eigenvalue weighted by molar-refractivity contribution is 7.22. The van der Waals surface area contributed by atoms with Crippen molar-refractivity contribution in [3.05, 3.63) is 82.9 Å². The van der Waals surface area contributed by atoms with Crippen molar-refractivity contribution in [3.8, 4) is 0 Å². The van der Waals surface area contributed by atoms with Gasteiger partial charge in [0.05, 0.1) is 21.3 Å². The Balaban J connectivity index is 1.36. The van der Waals surface area contributed by atoms with Gasteiger partial charge in [0.2, 0.25) is 5.13 Å². The van der Waals surface area contributed by atoms with Crippen molar-refractivity contribution < 1.29 is 14.4 Å². The number of thiazole rings is 1. The zero-order valence-electron chi connectivity index (χ0n) is 17.3. The lowest BCUT2D eigenvalue weighted by Gasteiger charge is -2.09. The normalized spacial score (nSPS) is 12.9. The number of rotatable bonds is 3. The first kappa shape index (κ1) is 19.9. The quantitative estimate of drug-likeness (QED) is 0.418. The molecule has 1 aliphatic rings. The number of nitrogens with one attached hydrogen (secondary N) is 2. The molecule has 0 radical (unpaired) electrons. The van der Waals surface area contributed by atoms with Crippen molar-refractivity contribution in [1.29, 1.82) is 0 Å². The lowest BCUT2D eigenvalue weighted by molar-refractivity contribution is 0.0926. The second kappa shape index (κ2) is 7.58. The lowest BCUT2D eigenvalue weighted by atomic mass is 10.1. The average Bonchev–Trinajstić information content (AvgIpc) is 3.29. The first-order valence-electron chi connectivity index (χ1n) is 9.94. The van der Waals surface area contributed by atoms with Gasteiger partial charge in [0.1, 0.15) is 0 Å². The summed E-state index contributed by atoms with van der Waals surface area (Å²) in [6.45, 7) is 4.00. The van der Waals surface area contributed by atoms with Crippen LogP contribution in [0.15, 0.2) is 60.7 Å². The molecule has 0 atom stereocenters. The van der Waals surface area contributed by atoms with Crippen LogP contribution in [0.2, 0.25) is 0 Å². The maximum absolute atomic E-state index is 12.7. The van der Waals surface area contributed by atoms with E-state index in [9.17, 15) is 14.4 Å². The summed E-state index contributed by atoms with van der Waals surface area (Å²) >= 11 is 1.22. The molecule has 2 N–H and O–H groups in total. The van der Waals surface area contributed by atoms with E-state index in [1.165, 1.54) is 11.3 Å². The summed E-state index contributed by atoms with van der Waals surface area (Å²) in [6, 6.07) is 17.3. The van der Waals surface area contributed by atoms with E-state index in [2.05, 4.69) is 15.6 Å². The highest BCUT2D eigenvalue weighted by Crippen LogP contribution is 2.35. The third kappa shape index (κ3) is 3.40. The van der Waals surface area contributed by atoms with Gasteiger partial charge in [-0.2, -0.15) is 0 Å². The second-order valence-corrected chi connectivity index (χ2v) is 8.56. The number of amides is 4. The van der Waals surface area contributed by atoms with Gasteiger partial charge >= 0.3 is 6.03 Å². The first-order chi connectivity index (χ1) is 15.4. The van der Waals surface area contributed by atoms with Gasteiger partial charge in [-0.05, 0) is 67.4 Å². The topological polar surface area (TPSA) is 91.4 Å². The van der Waals surface area contributed by atoms with Gasteiger partial charge in [0.25, 0.3) is 11.8 Å². The van der Waals surface area contributed by atoms with Crippen LogP contribution in [0.4, 0.5) is 21.3 Å². The predicted octanol–water partition coefficient (Wildman–Crippen LogP) is 5.36. The van der Waals surface area contributed by atoms with Crippen LogP contribution in [-0.2, 0) is 0 Å². The minimum Gasteiger partial charge on any atom is -0.308 e. The Morgan fingerprint density at radius 3 is 2.12 bits per heavy atom. The summed E-state index contributed by atoms with van der Waals surface area (Å²) in [5.74, 6) is -0.758. The molecule has 0 fully saturated rings. The number of aryl methyl sites for hydroxylation is 2. The smallest absolute Gasteiger partial charge is 0.308 e. The van der Waals surface area contributed by atoms with Gasteiger partial charge < -0.3 is 10.6 Å². The van der Waals surface area contributed by atoms with Gasteiger partial charge in [-0.1, -0.05) is 29.5 Å². The third-order valence-corrected chi connectivity index (χ3v) is 6.39. The molecule has 2 heterocycles. The van der Waals surface area contributed by atoms with Crippen LogP contribution in [0, 0.1) is 13.8 Å².